The Balaban J connectivity index is 0.000000339. The minimum Gasteiger partial charge on any atom is -0.475 e. The number of nitrogens with zero attached hydrogens (tertiary/aromatic N) is 4. The molecule has 1 aliphatic rings. The van der Waals surface area contributed by atoms with Crippen molar-refractivity contribution in [2.24, 2.45) is 5.73 Å². The summed E-state index contributed by atoms with van der Waals surface area (Å²) < 4.78 is 33.5. The second kappa shape index (κ2) is 9.27. The van der Waals surface area contributed by atoms with Crippen molar-refractivity contribution >= 4 is 23.2 Å². The van der Waals surface area contributed by atoms with Gasteiger partial charge < -0.3 is 10.8 Å². The third-order valence-electron chi connectivity index (χ3n) is 4.48. The third kappa shape index (κ3) is 5.89. The molecule has 164 valence electrons. The molecule has 0 saturated carbocycles. The average molecular weight is 453 g/mol. The van der Waals surface area contributed by atoms with Crippen molar-refractivity contribution in [3.05, 3.63) is 59.2 Å². The van der Waals surface area contributed by atoms with Crippen molar-refractivity contribution in [3.8, 4) is 10.4 Å². The van der Waals surface area contributed by atoms with E-state index in [1.54, 1.807) is 22.2 Å². The summed E-state index contributed by atoms with van der Waals surface area (Å²) in [7, 11) is 0. The number of carbonyl (C=O) groups is 2. The number of aromatic nitrogens is 3. The van der Waals surface area contributed by atoms with Gasteiger partial charge in [-0.2, -0.15) is 13.2 Å². The SMILES string of the molecule is NC(=O)c1cn(C2CN(Cc3ccc(-c4cccs4)cc3)C2)nn1.O=C(O)C(F)(F)F. The van der Waals surface area contributed by atoms with Crippen LogP contribution >= 0.6 is 11.3 Å². The number of thiophene rings is 1. The Bertz CT molecular complexity index is 1030. The van der Waals surface area contributed by atoms with Crippen molar-refractivity contribution in [2.45, 2.75) is 18.8 Å². The predicted molar refractivity (Wildman–Crippen MR) is 106 cm³/mol. The summed E-state index contributed by atoms with van der Waals surface area (Å²) >= 11 is 1.75. The topological polar surface area (TPSA) is 114 Å². The lowest BCUT2D eigenvalue weighted by Gasteiger charge is -2.38. The lowest BCUT2D eigenvalue weighted by molar-refractivity contribution is -0.192. The number of benzene rings is 1. The Morgan fingerprint density at radius 2 is 1.84 bits per heavy atom. The molecule has 1 fully saturated rings. The van der Waals surface area contributed by atoms with Gasteiger partial charge in [0.15, 0.2) is 5.69 Å². The number of halogens is 3. The van der Waals surface area contributed by atoms with E-state index in [0.29, 0.717) is 0 Å². The smallest absolute Gasteiger partial charge is 0.475 e. The first-order chi connectivity index (χ1) is 14.6. The van der Waals surface area contributed by atoms with Crippen LogP contribution in [-0.2, 0) is 11.3 Å². The third-order valence-corrected chi connectivity index (χ3v) is 5.40. The normalized spacial score (nSPS) is 14.4. The molecule has 1 amide bonds. The number of hydrogen-bond acceptors (Lipinski definition) is 6. The number of nitrogens with two attached hydrogens (primary N) is 1. The lowest BCUT2D eigenvalue weighted by atomic mass is 10.1. The summed E-state index contributed by atoms with van der Waals surface area (Å²) in [6.45, 7) is 2.71. The highest BCUT2D eigenvalue weighted by molar-refractivity contribution is 7.13. The van der Waals surface area contributed by atoms with Gasteiger partial charge in [-0.3, -0.25) is 9.69 Å². The molecule has 3 N–H and O–H groups in total. The highest BCUT2D eigenvalue weighted by Gasteiger charge is 2.38. The van der Waals surface area contributed by atoms with Gasteiger partial charge in [-0.05, 0) is 22.6 Å². The van der Waals surface area contributed by atoms with Crippen molar-refractivity contribution < 1.29 is 27.9 Å². The summed E-state index contributed by atoms with van der Waals surface area (Å²) in [5, 5.41) is 17.0. The Hall–Kier alpha value is -3.25. The highest BCUT2D eigenvalue weighted by Crippen LogP contribution is 2.26. The second-order valence-corrected chi connectivity index (χ2v) is 7.72. The number of carboxylic acids is 1. The van der Waals surface area contributed by atoms with Gasteiger partial charge in [-0.1, -0.05) is 35.5 Å². The minimum atomic E-state index is -5.08. The van der Waals surface area contributed by atoms with Crippen LogP contribution in [0.15, 0.2) is 48.0 Å². The molecular weight excluding hydrogens is 435 g/mol. The number of amides is 1. The van der Waals surface area contributed by atoms with Crippen LogP contribution in [0.4, 0.5) is 13.2 Å². The zero-order chi connectivity index (χ0) is 22.6. The van der Waals surface area contributed by atoms with E-state index in [9.17, 15) is 18.0 Å². The number of aliphatic carboxylic acids is 1. The number of primary amides is 1. The molecule has 1 aromatic carbocycles. The van der Waals surface area contributed by atoms with Crippen molar-refractivity contribution in [1.82, 2.24) is 19.9 Å². The van der Waals surface area contributed by atoms with Crippen LogP contribution in [0.5, 0.6) is 0 Å². The fraction of sp³-hybridized carbons (Fsp3) is 0.263. The Morgan fingerprint density at radius 1 is 1.19 bits per heavy atom. The van der Waals surface area contributed by atoms with E-state index in [2.05, 4.69) is 57.0 Å². The van der Waals surface area contributed by atoms with Crippen LogP contribution in [0, 0.1) is 0 Å². The zero-order valence-corrected chi connectivity index (χ0v) is 16.8. The Morgan fingerprint density at radius 3 is 2.32 bits per heavy atom. The molecule has 1 saturated heterocycles. The van der Waals surface area contributed by atoms with Gasteiger partial charge in [-0.15, -0.1) is 16.4 Å². The first kappa shape index (κ1) is 22.4. The van der Waals surface area contributed by atoms with E-state index in [4.69, 9.17) is 15.6 Å². The Labute approximate surface area is 178 Å². The van der Waals surface area contributed by atoms with Crippen LogP contribution in [-0.4, -0.2) is 56.1 Å². The largest absolute Gasteiger partial charge is 0.490 e. The molecular formula is C19H18F3N5O3S. The summed E-state index contributed by atoms with van der Waals surface area (Å²) in [5.74, 6) is -3.30. The monoisotopic (exact) mass is 453 g/mol. The summed E-state index contributed by atoms with van der Waals surface area (Å²) in [6, 6.07) is 13.2. The van der Waals surface area contributed by atoms with Gasteiger partial charge in [0.25, 0.3) is 5.91 Å². The predicted octanol–water partition coefficient (Wildman–Crippen LogP) is 2.80. The fourth-order valence-electron chi connectivity index (χ4n) is 2.88. The molecule has 0 aliphatic carbocycles. The minimum absolute atomic E-state index is 0.220. The van der Waals surface area contributed by atoms with Crippen LogP contribution in [0.2, 0.25) is 0 Å². The molecule has 0 atom stereocenters. The van der Waals surface area contributed by atoms with Gasteiger partial charge in [0, 0.05) is 24.5 Å². The van der Waals surface area contributed by atoms with E-state index in [0.717, 1.165) is 19.6 Å². The maximum atomic E-state index is 11.1. The van der Waals surface area contributed by atoms with Crippen LogP contribution in [0.3, 0.4) is 0 Å². The molecule has 8 nitrogen and oxygen atoms in total. The molecule has 31 heavy (non-hydrogen) atoms. The van der Waals surface area contributed by atoms with Gasteiger partial charge in [-0.25, -0.2) is 9.48 Å². The molecule has 12 heteroatoms. The van der Waals surface area contributed by atoms with Crippen LogP contribution in [0.25, 0.3) is 10.4 Å². The van der Waals surface area contributed by atoms with Gasteiger partial charge in [0.2, 0.25) is 0 Å². The number of carbonyl (C=O) groups excluding carboxylic acids is 1. The van der Waals surface area contributed by atoms with E-state index < -0.39 is 18.1 Å². The molecule has 0 bridgehead atoms. The quantitative estimate of drug-likeness (QED) is 0.614. The van der Waals surface area contributed by atoms with E-state index in [1.165, 1.54) is 16.0 Å². The number of carboxylic acid groups (broad SMARTS) is 1. The molecule has 4 rings (SSSR count). The summed E-state index contributed by atoms with van der Waals surface area (Å²) in [5.41, 5.74) is 7.98. The summed E-state index contributed by atoms with van der Waals surface area (Å²) in [4.78, 5) is 23.6. The standard InChI is InChI=1S/C17H17N5OS.C2HF3O2/c18-17(23)15-11-22(20-19-15)14-9-21(10-14)8-12-3-5-13(6-4-12)16-2-1-7-24-16;3-2(4,5)1(6)7/h1-7,11,14H,8-10H2,(H2,18,23);(H,6,7). The van der Waals surface area contributed by atoms with E-state index in [-0.39, 0.29) is 11.7 Å². The van der Waals surface area contributed by atoms with Crippen LogP contribution in [0.1, 0.15) is 22.1 Å². The maximum Gasteiger partial charge on any atom is 0.490 e. The van der Waals surface area contributed by atoms with E-state index >= 15 is 0 Å². The highest BCUT2D eigenvalue weighted by atomic mass is 32.1. The Kier molecular flexibility index (Phi) is 6.71. The first-order valence-electron chi connectivity index (χ1n) is 9.00. The second-order valence-electron chi connectivity index (χ2n) is 6.77. The van der Waals surface area contributed by atoms with E-state index in [1.807, 2.05) is 0 Å². The molecule has 3 aromatic rings. The molecule has 1 aliphatic heterocycles. The fourth-order valence-corrected chi connectivity index (χ4v) is 3.62. The van der Waals surface area contributed by atoms with Gasteiger partial charge >= 0.3 is 12.1 Å². The zero-order valence-electron chi connectivity index (χ0n) is 16.0. The summed E-state index contributed by atoms with van der Waals surface area (Å²) in [6.07, 6.45) is -3.46. The average Bonchev–Trinajstić information content (AvgIpc) is 3.36. The maximum absolute atomic E-state index is 11.1. The number of rotatable bonds is 5. The molecule has 0 spiro atoms. The number of hydrogen-bond donors (Lipinski definition) is 2. The first-order valence-corrected chi connectivity index (χ1v) is 9.88. The van der Waals surface area contributed by atoms with Gasteiger partial charge in [0.05, 0.1) is 12.2 Å². The number of alkyl halides is 3. The molecule has 0 unspecified atom stereocenters. The van der Waals surface area contributed by atoms with Crippen molar-refractivity contribution in [2.75, 3.05) is 13.1 Å². The molecule has 0 radical (unpaired) electrons. The van der Waals surface area contributed by atoms with Crippen molar-refractivity contribution in [1.29, 1.82) is 0 Å². The molecule has 3 heterocycles. The number of likely N-dealkylation sites (tertiary alicyclic amines) is 1. The lowest BCUT2D eigenvalue weighted by Crippen LogP contribution is -2.47. The van der Waals surface area contributed by atoms with Gasteiger partial charge in [0.1, 0.15) is 0 Å². The molecule has 2 aromatic heterocycles. The van der Waals surface area contributed by atoms with Crippen molar-refractivity contribution in [3.63, 3.8) is 0 Å². The van der Waals surface area contributed by atoms with Crippen LogP contribution < -0.4 is 5.73 Å².